The van der Waals surface area contributed by atoms with Gasteiger partial charge in [-0.15, -0.1) is 0 Å². The van der Waals surface area contributed by atoms with E-state index in [4.69, 9.17) is 0 Å². The van der Waals surface area contributed by atoms with Gasteiger partial charge in [-0.1, -0.05) is 43.2 Å². The Bertz CT molecular complexity index is 568. The van der Waals surface area contributed by atoms with E-state index in [-0.39, 0.29) is 11.3 Å². The largest absolute Gasteiger partial charge is 0.362 e. The molecule has 114 valence electrons. The van der Waals surface area contributed by atoms with Crippen LogP contribution in [0.3, 0.4) is 0 Å². The van der Waals surface area contributed by atoms with Crippen molar-refractivity contribution < 1.29 is 10.2 Å². The highest BCUT2D eigenvalue weighted by molar-refractivity contribution is 5.41. The number of fused-ring (bicyclic) bond motifs is 4. The molecule has 2 heteroatoms. The highest BCUT2D eigenvalue weighted by atomic mass is 16.5. The Kier molecular flexibility index (Phi) is 2.70. The van der Waals surface area contributed by atoms with E-state index in [1.165, 1.54) is 24.8 Å². The second kappa shape index (κ2) is 4.11. The molecule has 21 heavy (non-hydrogen) atoms. The van der Waals surface area contributed by atoms with E-state index in [0.29, 0.717) is 0 Å². The molecule has 0 aromatic rings. The fourth-order valence-electron chi connectivity index (χ4n) is 5.54. The lowest BCUT2D eigenvalue weighted by Gasteiger charge is -2.52. The molecule has 0 amide bonds. The number of allylic oxidation sites excluding steroid dienone is 5. The molecule has 4 atom stereocenters. The summed E-state index contributed by atoms with van der Waals surface area (Å²) in [6, 6.07) is 0. The van der Waals surface area contributed by atoms with Gasteiger partial charge in [-0.3, -0.25) is 0 Å². The van der Waals surface area contributed by atoms with E-state index >= 15 is 0 Å². The fraction of sp³-hybridized carbons (Fsp3) is 0.684. The fourth-order valence-corrected chi connectivity index (χ4v) is 5.54. The molecule has 0 spiro atoms. The van der Waals surface area contributed by atoms with Crippen LogP contribution in [0.4, 0.5) is 0 Å². The SMILES string of the molecule is C[C@]12CCC3=C(CCC4CCC=C[C@]34C)[C@@H]1C=CC2(O)O. The van der Waals surface area contributed by atoms with Crippen molar-refractivity contribution in [2.75, 3.05) is 0 Å². The van der Waals surface area contributed by atoms with Crippen molar-refractivity contribution in [2.45, 2.75) is 58.2 Å². The maximum Gasteiger partial charge on any atom is 0.189 e. The minimum Gasteiger partial charge on any atom is -0.362 e. The third-order valence-corrected chi connectivity index (χ3v) is 7.11. The number of hydrogen-bond acceptors (Lipinski definition) is 2. The average molecular weight is 286 g/mol. The molecule has 4 aliphatic carbocycles. The molecule has 2 nitrogen and oxygen atoms in total. The molecule has 0 saturated heterocycles. The van der Waals surface area contributed by atoms with E-state index in [1.54, 1.807) is 11.6 Å². The maximum atomic E-state index is 10.4. The quantitative estimate of drug-likeness (QED) is 0.526. The predicted molar refractivity (Wildman–Crippen MR) is 83.4 cm³/mol. The Balaban J connectivity index is 1.82. The molecule has 0 aromatic carbocycles. The van der Waals surface area contributed by atoms with Crippen LogP contribution in [0.15, 0.2) is 35.5 Å². The molecule has 1 unspecified atom stereocenters. The smallest absolute Gasteiger partial charge is 0.189 e. The molecule has 4 rings (SSSR count). The zero-order valence-corrected chi connectivity index (χ0v) is 13.1. The van der Waals surface area contributed by atoms with Gasteiger partial charge in [-0.25, -0.2) is 0 Å². The first kappa shape index (κ1) is 13.8. The Hall–Kier alpha value is -0.860. The van der Waals surface area contributed by atoms with Gasteiger partial charge >= 0.3 is 0 Å². The average Bonchev–Trinajstić information content (AvgIpc) is 2.69. The summed E-state index contributed by atoms with van der Waals surface area (Å²) in [6.07, 6.45) is 15.3. The first-order valence-electron chi connectivity index (χ1n) is 8.43. The van der Waals surface area contributed by atoms with Crippen LogP contribution in [-0.2, 0) is 0 Å². The van der Waals surface area contributed by atoms with Gasteiger partial charge in [0.1, 0.15) is 0 Å². The van der Waals surface area contributed by atoms with Gasteiger partial charge in [0.25, 0.3) is 0 Å². The molecule has 0 radical (unpaired) electrons. The Morgan fingerprint density at radius 1 is 1.10 bits per heavy atom. The summed E-state index contributed by atoms with van der Waals surface area (Å²) in [7, 11) is 0. The summed E-state index contributed by atoms with van der Waals surface area (Å²) in [5.74, 6) is -0.649. The standard InChI is InChI=1S/C19H26O2/c1-17-10-4-3-5-13(17)6-7-14-15(17)8-11-18(2)16(14)9-12-19(18,20)21/h4,9-10,12-13,16,20-21H,3,5-8,11H2,1-2H3/t13?,16-,17-,18-/m0/s1. The first-order chi connectivity index (χ1) is 9.88. The van der Waals surface area contributed by atoms with Gasteiger partial charge in [-0.05, 0) is 50.5 Å². The van der Waals surface area contributed by atoms with Crippen molar-refractivity contribution in [1.82, 2.24) is 0 Å². The molecular weight excluding hydrogens is 260 g/mol. The minimum absolute atomic E-state index is 0.212. The third kappa shape index (κ3) is 1.61. The highest BCUT2D eigenvalue weighted by Crippen LogP contribution is 2.62. The lowest BCUT2D eigenvalue weighted by Crippen LogP contribution is -2.49. The van der Waals surface area contributed by atoms with Crippen LogP contribution >= 0.6 is 0 Å². The molecule has 0 bridgehead atoms. The van der Waals surface area contributed by atoms with Crippen LogP contribution in [0.2, 0.25) is 0 Å². The van der Waals surface area contributed by atoms with Crippen molar-refractivity contribution in [3.63, 3.8) is 0 Å². The van der Waals surface area contributed by atoms with Crippen molar-refractivity contribution >= 4 is 0 Å². The van der Waals surface area contributed by atoms with Crippen molar-refractivity contribution in [3.05, 3.63) is 35.5 Å². The van der Waals surface area contributed by atoms with Gasteiger partial charge in [0.2, 0.25) is 0 Å². The molecule has 2 N–H and O–H groups in total. The van der Waals surface area contributed by atoms with E-state index in [1.807, 2.05) is 6.92 Å². The second-order valence-corrected chi connectivity index (χ2v) is 7.98. The summed E-state index contributed by atoms with van der Waals surface area (Å²) in [6.45, 7) is 4.46. The predicted octanol–water partition coefficient (Wildman–Crippen LogP) is 3.72. The summed E-state index contributed by atoms with van der Waals surface area (Å²) in [5.41, 5.74) is 2.90. The van der Waals surface area contributed by atoms with Crippen LogP contribution in [-0.4, -0.2) is 16.0 Å². The summed E-state index contributed by atoms with van der Waals surface area (Å²) < 4.78 is 0. The maximum absolute atomic E-state index is 10.4. The van der Waals surface area contributed by atoms with E-state index < -0.39 is 11.2 Å². The molecular formula is C19H26O2. The van der Waals surface area contributed by atoms with Gasteiger partial charge in [0.15, 0.2) is 5.79 Å². The molecule has 0 fully saturated rings. The molecule has 0 aromatic heterocycles. The van der Waals surface area contributed by atoms with Gasteiger partial charge in [-0.2, -0.15) is 0 Å². The van der Waals surface area contributed by atoms with Gasteiger partial charge in [0, 0.05) is 16.7 Å². The van der Waals surface area contributed by atoms with Gasteiger partial charge < -0.3 is 10.2 Å². The summed E-state index contributed by atoms with van der Waals surface area (Å²) in [5, 5.41) is 20.7. The zero-order valence-electron chi connectivity index (χ0n) is 13.1. The van der Waals surface area contributed by atoms with Crippen molar-refractivity contribution in [2.24, 2.45) is 22.7 Å². The van der Waals surface area contributed by atoms with Crippen LogP contribution in [0, 0.1) is 22.7 Å². The zero-order chi connectivity index (χ0) is 14.9. The molecule has 0 heterocycles. The molecule has 0 saturated carbocycles. The lowest BCUT2D eigenvalue weighted by molar-refractivity contribution is -0.205. The number of aliphatic hydroxyl groups is 2. The van der Waals surface area contributed by atoms with Crippen LogP contribution in [0.25, 0.3) is 0 Å². The highest BCUT2D eigenvalue weighted by Gasteiger charge is 2.57. The molecule has 4 aliphatic rings. The Morgan fingerprint density at radius 2 is 1.90 bits per heavy atom. The second-order valence-electron chi connectivity index (χ2n) is 7.98. The van der Waals surface area contributed by atoms with Crippen molar-refractivity contribution in [3.8, 4) is 0 Å². The first-order valence-corrected chi connectivity index (χ1v) is 8.43. The normalized spacial score (nSPS) is 47.0. The summed E-state index contributed by atoms with van der Waals surface area (Å²) >= 11 is 0. The van der Waals surface area contributed by atoms with Crippen LogP contribution in [0.1, 0.15) is 52.4 Å². The van der Waals surface area contributed by atoms with Gasteiger partial charge in [0.05, 0.1) is 0 Å². The number of rotatable bonds is 0. The van der Waals surface area contributed by atoms with Crippen LogP contribution < -0.4 is 0 Å². The van der Waals surface area contributed by atoms with Crippen molar-refractivity contribution in [1.29, 1.82) is 0 Å². The van der Waals surface area contributed by atoms with E-state index in [0.717, 1.165) is 25.2 Å². The third-order valence-electron chi connectivity index (χ3n) is 7.11. The van der Waals surface area contributed by atoms with E-state index in [9.17, 15) is 10.2 Å². The monoisotopic (exact) mass is 286 g/mol. The number of hydrogen-bond donors (Lipinski definition) is 2. The summed E-state index contributed by atoms with van der Waals surface area (Å²) in [4.78, 5) is 0. The van der Waals surface area contributed by atoms with E-state index in [2.05, 4.69) is 25.2 Å². The lowest BCUT2D eigenvalue weighted by atomic mass is 9.53. The molecule has 0 aliphatic heterocycles. The Labute approximate surface area is 127 Å². The minimum atomic E-state index is -1.64. The topological polar surface area (TPSA) is 40.5 Å². The Morgan fingerprint density at radius 3 is 2.71 bits per heavy atom. The van der Waals surface area contributed by atoms with Crippen LogP contribution in [0.5, 0.6) is 0 Å².